The number of carbonyl (C=O) groups excluding carboxylic acids is 1. The normalized spacial score (nSPS) is 10.5. The lowest BCUT2D eigenvalue weighted by Crippen LogP contribution is -2.28. The van der Waals surface area contributed by atoms with Crippen LogP contribution in [-0.2, 0) is 4.79 Å². The van der Waals surface area contributed by atoms with Gasteiger partial charge in [-0.05, 0) is 26.1 Å². The average Bonchev–Trinajstić information content (AvgIpc) is 2.62. The number of anilines is 3. The summed E-state index contributed by atoms with van der Waals surface area (Å²) in [5.74, 6) is 0.370. The highest BCUT2D eigenvalue weighted by Gasteiger charge is 2.14. The third kappa shape index (κ3) is 6.60. The number of carbonyl (C=O) groups is 1. The van der Waals surface area contributed by atoms with Gasteiger partial charge < -0.3 is 25.6 Å². The van der Waals surface area contributed by atoms with Crippen molar-refractivity contribution < 1.29 is 9.53 Å². The van der Waals surface area contributed by atoms with Crippen molar-refractivity contribution in [2.45, 2.75) is 6.92 Å². The molecule has 0 radical (unpaired) electrons. The molecule has 0 fully saturated rings. The molecule has 0 aliphatic carbocycles. The van der Waals surface area contributed by atoms with E-state index in [0.29, 0.717) is 23.7 Å². The van der Waals surface area contributed by atoms with Crippen molar-refractivity contribution in [3.05, 3.63) is 36.9 Å². The maximum atomic E-state index is 11.8. The molecule has 0 aromatic heterocycles. The molecular weight excluding hydrogens is 330 g/mol. The number of hydrogen-bond donors (Lipinski definition) is 3. The van der Waals surface area contributed by atoms with Crippen LogP contribution in [0, 0.1) is 0 Å². The second-order valence-corrected chi connectivity index (χ2v) is 5.86. The number of amides is 1. The lowest BCUT2D eigenvalue weighted by atomic mass is 10.2. The number of nitrogens with zero attached hydrogens (tertiary/aromatic N) is 2. The zero-order valence-corrected chi connectivity index (χ0v) is 16.1. The number of hydrogen-bond acceptors (Lipinski definition) is 5. The molecule has 1 aromatic rings. The van der Waals surface area contributed by atoms with Gasteiger partial charge in [0.2, 0.25) is 5.91 Å². The van der Waals surface area contributed by atoms with Gasteiger partial charge in [0, 0.05) is 26.2 Å². The van der Waals surface area contributed by atoms with Gasteiger partial charge in [-0.25, -0.2) is 0 Å². The zero-order valence-electron chi connectivity index (χ0n) is 16.1. The predicted molar refractivity (Wildman–Crippen MR) is 111 cm³/mol. The SMILES string of the molecule is C=CC(=O)Nc1cc(NC=NCC(=C)C)c(OC)cc1N(C)CCNC. The molecule has 1 rings (SSSR count). The standard InChI is InChI=1S/C19H29N5O2/c1-7-19(25)23-15-10-16(22-13-21-12-14(2)3)18(26-6)11-17(15)24(5)9-8-20-4/h7,10-11,13,20H,1-2,8-9,12H2,3-6H3,(H,21,22)(H,23,25). The van der Waals surface area contributed by atoms with Crippen LogP contribution in [0.25, 0.3) is 0 Å². The molecular formula is C19H29N5O2. The molecule has 0 aliphatic heterocycles. The van der Waals surface area contributed by atoms with Gasteiger partial charge in [-0.1, -0.05) is 18.7 Å². The van der Waals surface area contributed by atoms with Crippen molar-refractivity contribution in [3.8, 4) is 5.75 Å². The quantitative estimate of drug-likeness (QED) is 0.245. The van der Waals surface area contributed by atoms with Crippen LogP contribution in [0.2, 0.25) is 0 Å². The molecule has 1 amide bonds. The van der Waals surface area contributed by atoms with E-state index in [1.807, 2.05) is 38.1 Å². The first-order chi connectivity index (χ1) is 12.4. The number of likely N-dealkylation sites (N-methyl/N-ethyl adjacent to an activating group) is 2. The van der Waals surface area contributed by atoms with Crippen molar-refractivity contribution >= 4 is 29.3 Å². The molecule has 0 unspecified atom stereocenters. The molecule has 1 aromatic carbocycles. The molecule has 142 valence electrons. The van der Waals surface area contributed by atoms with Crippen molar-refractivity contribution in [2.24, 2.45) is 4.99 Å². The molecule has 0 bridgehead atoms. The summed E-state index contributed by atoms with van der Waals surface area (Å²) in [6, 6.07) is 3.70. The van der Waals surface area contributed by atoms with Crippen LogP contribution < -0.4 is 25.6 Å². The summed E-state index contributed by atoms with van der Waals surface area (Å²) in [6.07, 6.45) is 2.83. The summed E-state index contributed by atoms with van der Waals surface area (Å²) in [5, 5.41) is 9.05. The highest BCUT2D eigenvalue weighted by molar-refractivity contribution is 6.02. The first-order valence-corrected chi connectivity index (χ1v) is 8.33. The van der Waals surface area contributed by atoms with E-state index >= 15 is 0 Å². The summed E-state index contributed by atoms with van der Waals surface area (Å²) in [5.41, 5.74) is 3.17. The van der Waals surface area contributed by atoms with Gasteiger partial charge in [0.1, 0.15) is 5.75 Å². The maximum Gasteiger partial charge on any atom is 0.247 e. The van der Waals surface area contributed by atoms with E-state index in [-0.39, 0.29) is 5.91 Å². The Kier molecular flexibility index (Phi) is 8.94. The Morgan fingerprint density at radius 2 is 2.12 bits per heavy atom. The van der Waals surface area contributed by atoms with Crippen LogP contribution in [0.5, 0.6) is 5.75 Å². The summed E-state index contributed by atoms with van der Waals surface area (Å²) in [6.45, 7) is 11.3. The van der Waals surface area contributed by atoms with E-state index in [1.165, 1.54) is 6.08 Å². The molecule has 0 atom stereocenters. The zero-order chi connectivity index (χ0) is 19.5. The van der Waals surface area contributed by atoms with Gasteiger partial charge in [0.25, 0.3) is 0 Å². The van der Waals surface area contributed by atoms with E-state index in [2.05, 4.69) is 34.1 Å². The molecule has 0 heterocycles. The topological polar surface area (TPSA) is 78.0 Å². The molecule has 26 heavy (non-hydrogen) atoms. The Bertz CT molecular complexity index is 670. The van der Waals surface area contributed by atoms with Crippen molar-refractivity contribution in [1.82, 2.24) is 5.32 Å². The number of nitrogens with one attached hydrogen (secondary N) is 3. The van der Waals surface area contributed by atoms with Crippen molar-refractivity contribution in [2.75, 3.05) is 56.4 Å². The summed E-state index contributed by atoms with van der Waals surface area (Å²) in [7, 11) is 5.45. The third-order valence-corrected chi connectivity index (χ3v) is 3.54. The fourth-order valence-corrected chi connectivity index (χ4v) is 2.17. The van der Waals surface area contributed by atoms with Crippen LogP contribution >= 0.6 is 0 Å². The van der Waals surface area contributed by atoms with E-state index in [0.717, 1.165) is 24.4 Å². The monoisotopic (exact) mass is 359 g/mol. The second kappa shape index (κ2) is 10.9. The third-order valence-electron chi connectivity index (χ3n) is 3.54. The van der Waals surface area contributed by atoms with Crippen molar-refractivity contribution in [1.29, 1.82) is 0 Å². The Morgan fingerprint density at radius 3 is 2.69 bits per heavy atom. The second-order valence-electron chi connectivity index (χ2n) is 5.86. The lowest BCUT2D eigenvalue weighted by molar-refractivity contribution is -0.111. The Labute approximate surface area is 155 Å². The highest BCUT2D eigenvalue weighted by Crippen LogP contribution is 2.36. The Hall–Kier alpha value is -2.80. The molecule has 0 saturated heterocycles. The van der Waals surface area contributed by atoms with Gasteiger partial charge in [-0.15, -0.1) is 0 Å². The number of methoxy groups -OCH3 is 1. The van der Waals surface area contributed by atoms with Gasteiger partial charge >= 0.3 is 0 Å². The van der Waals surface area contributed by atoms with Crippen molar-refractivity contribution in [3.63, 3.8) is 0 Å². The van der Waals surface area contributed by atoms with Crippen LogP contribution in [0.15, 0.2) is 41.9 Å². The maximum absolute atomic E-state index is 11.8. The minimum atomic E-state index is -0.277. The number of rotatable bonds is 11. The van der Waals surface area contributed by atoms with Crippen LogP contribution in [0.1, 0.15) is 6.92 Å². The molecule has 7 heteroatoms. The van der Waals surface area contributed by atoms with Crippen LogP contribution in [0.3, 0.4) is 0 Å². The largest absolute Gasteiger partial charge is 0.494 e. The fraction of sp³-hybridized carbons (Fsp3) is 0.368. The minimum Gasteiger partial charge on any atom is -0.494 e. The smallest absolute Gasteiger partial charge is 0.247 e. The fourth-order valence-electron chi connectivity index (χ4n) is 2.17. The van der Waals surface area contributed by atoms with E-state index in [1.54, 1.807) is 13.4 Å². The first-order valence-electron chi connectivity index (χ1n) is 8.33. The Balaban J connectivity index is 3.19. The highest BCUT2D eigenvalue weighted by atomic mass is 16.5. The Morgan fingerprint density at radius 1 is 1.38 bits per heavy atom. The summed E-state index contributed by atoms with van der Waals surface area (Å²) in [4.78, 5) is 18.1. The lowest BCUT2D eigenvalue weighted by Gasteiger charge is -2.24. The van der Waals surface area contributed by atoms with Gasteiger partial charge in [0.05, 0.1) is 37.1 Å². The summed E-state index contributed by atoms with van der Waals surface area (Å²) >= 11 is 0. The molecule has 0 spiro atoms. The summed E-state index contributed by atoms with van der Waals surface area (Å²) < 4.78 is 5.49. The number of benzene rings is 1. The average molecular weight is 359 g/mol. The minimum absolute atomic E-state index is 0.277. The van der Waals surface area contributed by atoms with Crippen LogP contribution in [0.4, 0.5) is 17.1 Å². The number of ether oxygens (including phenoxy) is 1. The van der Waals surface area contributed by atoms with Crippen LogP contribution in [-0.4, -0.2) is 53.1 Å². The molecule has 0 saturated carbocycles. The molecule has 0 aliphatic rings. The van der Waals surface area contributed by atoms with Gasteiger partial charge in [0.15, 0.2) is 0 Å². The molecule has 7 nitrogen and oxygen atoms in total. The van der Waals surface area contributed by atoms with Gasteiger partial charge in [-0.3, -0.25) is 9.79 Å². The number of aliphatic imine (C=N–C) groups is 1. The first kappa shape index (κ1) is 21.2. The molecule has 3 N–H and O–H groups in total. The van der Waals surface area contributed by atoms with E-state index < -0.39 is 0 Å². The van der Waals surface area contributed by atoms with E-state index in [4.69, 9.17) is 4.74 Å². The predicted octanol–water partition coefficient (Wildman–Crippen LogP) is 2.49. The van der Waals surface area contributed by atoms with E-state index in [9.17, 15) is 4.79 Å². The van der Waals surface area contributed by atoms with Gasteiger partial charge in [-0.2, -0.15) is 0 Å².